The molecule has 7 nitrogen and oxygen atoms in total. The number of fused-ring (bicyclic) bond motifs is 2. The van der Waals surface area contributed by atoms with Crippen LogP contribution in [0.4, 0.5) is 16.0 Å². The lowest BCUT2D eigenvalue weighted by molar-refractivity contribution is -0.123. The summed E-state index contributed by atoms with van der Waals surface area (Å²) in [5.74, 6) is 0.378. The van der Waals surface area contributed by atoms with E-state index in [0.717, 1.165) is 17.5 Å². The second-order valence-corrected chi connectivity index (χ2v) is 8.37. The normalized spacial score (nSPS) is 18.6. The zero-order valence-corrected chi connectivity index (χ0v) is 17.9. The fourth-order valence-corrected chi connectivity index (χ4v) is 4.45. The highest BCUT2D eigenvalue weighted by molar-refractivity contribution is 6.00. The van der Waals surface area contributed by atoms with Crippen molar-refractivity contribution >= 4 is 34.5 Å². The Hall–Kier alpha value is -3.55. The average Bonchev–Trinajstić information content (AvgIpc) is 2.83. The number of carbonyl (C=O) groups excluding carboxylic acids is 2. The minimum atomic E-state index is -0.379. The molecule has 1 aromatic heterocycles. The SMILES string of the molecule is CN1CCN(C(=O)C2CCCN(C(=O)c3ccc(F)cc3)C2)c2nc3ccccc3nc21. The van der Waals surface area contributed by atoms with Gasteiger partial charge in [0.25, 0.3) is 5.91 Å². The highest BCUT2D eigenvalue weighted by Crippen LogP contribution is 2.32. The van der Waals surface area contributed by atoms with Crippen molar-refractivity contribution in [2.24, 2.45) is 5.92 Å². The van der Waals surface area contributed by atoms with E-state index in [1.165, 1.54) is 24.3 Å². The van der Waals surface area contributed by atoms with Gasteiger partial charge < -0.3 is 9.80 Å². The van der Waals surface area contributed by atoms with Crippen LogP contribution in [0.2, 0.25) is 0 Å². The summed E-state index contributed by atoms with van der Waals surface area (Å²) in [6, 6.07) is 13.2. The third-order valence-corrected chi connectivity index (χ3v) is 6.23. The number of likely N-dealkylation sites (N-methyl/N-ethyl adjacent to an activating group) is 1. The standard InChI is InChI=1S/C24H24FN5O2/c1-28-13-14-30(22-21(28)26-19-6-2-3-7-20(19)27-22)24(32)17-5-4-12-29(15-17)23(31)16-8-10-18(25)11-9-16/h2-3,6-11,17H,4-5,12-15H2,1H3. The maximum atomic E-state index is 13.6. The van der Waals surface area contributed by atoms with Gasteiger partial charge >= 0.3 is 0 Å². The predicted octanol–water partition coefficient (Wildman–Crippen LogP) is 3.10. The van der Waals surface area contributed by atoms with Gasteiger partial charge in [-0.1, -0.05) is 12.1 Å². The van der Waals surface area contributed by atoms with Crippen LogP contribution in [0.25, 0.3) is 11.0 Å². The first-order valence-corrected chi connectivity index (χ1v) is 10.9. The van der Waals surface area contributed by atoms with Gasteiger partial charge in [0.1, 0.15) is 5.82 Å². The largest absolute Gasteiger partial charge is 0.355 e. The van der Waals surface area contributed by atoms with Crippen molar-refractivity contribution in [3.05, 3.63) is 59.9 Å². The van der Waals surface area contributed by atoms with Crippen molar-refractivity contribution in [1.29, 1.82) is 0 Å². The van der Waals surface area contributed by atoms with E-state index >= 15 is 0 Å². The highest BCUT2D eigenvalue weighted by atomic mass is 19.1. The van der Waals surface area contributed by atoms with E-state index in [2.05, 4.69) is 0 Å². The van der Waals surface area contributed by atoms with Gasteiger partial charge in [-0.05, 0) is 49.2 Å². The van der Waals surface area contributed by atoms with Crippen LogP contribution in [-0.4, -0.2) is 59.9 Å². The fraction of sp³-hybridized carbons (Fsp3) is 0.333. The summed E-state index contributed by atoms with van der Waals surface area (Å²) in [5.41, 5.74) is 1.97. The van der Waals surface area contributed by atoms with Gasteiger partial charge in [0.2, 0.25) is 5.91 Å². The van der Waals surface area contributed by atoms with E-state index in [1.54, 1.807) is 9.80 Å². The Morgan fingerprint density at radius 1 is 0.938 bits per heavy atom. The molecule has 2 amide bonds. The fourth-order valence-electron chi connectivity index (χ4n) is 4.45. The number of halogens is 1. The summed E-state index contributed by atoms with van der Waals surface area (Å²) >= 11 is 0. The van der Waals surface area contributed by atoms with Crippen LogP contribution >= 0.6 is 0 Å². The van der Waals surface area contributed by atoms with Crippen molar-refractivity contribution in [2.75, 3.05) is 43.0 Å². The van der Waals surface area contributed by atoms with Gasteiger partial charge in [0, 0.05) is 38.8 Å². The second kappa shape index (κ2) is 8.18. The zero-order valence-electron chi connectivity index (χ0n) is 17.9. The second-order valence-electron chi connectivity index (χ2n) is 8.37. The van der Waals surface area contributed by atoms with Crippen molar-refractivity contribution < 1.29 is 14.0 Å². The molecule has 0 bridgehead atoms. The number of nitrogens with zero attached hydrogens (tertiary/aromatic N) is 5. The van der Waals surface area contributed by atoms with Crippen molar-refractivity contribution in [2.45, 2.75) is 12.8 Å². The van der Waals surface area contributed by atoms with Crippen LogP contribution in [0, 0.1) is 11.7 Å². The number of hydrogen-bond acceptors (Lipinski definition) is 5. The predicted molar refractivity (Wildman–Crippen MR) is 120 cm³/mol. The van der Waals surface area contributed by atoms with Gasteiger partial charge in [-0.2, -0.15) is 0 Å². The molecule has 2 aliphatic heterocycles. The summed E-state index contributed by atoms with van der Waals surface area (Å²) in [7, 11) is 1.95. The van der Waals surface area contributed by atoms with Crippen LogP contribution in [-0.2, 0) is 4.79 Å². The number of rotatable bonds is 2. The maximum Gasteiger partial charge on any atom is 0.253 e. The van der Waals surface area contributed by atoms with Gasteiger partial charge in [0.15, 0.2) is 11.6 Å². The first kappa shape index (κ1) is 20.4. The molecule has 2 aromatic carbocycles. The minimum absolute atomic E-state index is 0.0273. The van der Waals surface area contributed by atoms with E-state index in [0.29, 0.717) is 49.8 Å². The Bertz CT molecular complexity index is 1180. The molecule has 0 aliphatic carbocycles. The Morgan fingerprint density at radius 2 is 1.62 bits per heavy atom. The van der Waals surface area contributed by atoms with E-state index < -0.39 is 0 Å². The number of carbonyl (C=O) groups is 2. The number of anilines is 2. The maximum absolute atomic E-state index is 13.6. The molecule has 0 N–H and O–H groups in total. The minimum Gasteiger partial charge on any atom is -0.355 e. The van der Waals surface area contributed by atoms with Crippen molar-refractivity contribution in [1.82, 2.24) is 14.9 Å². The van der Waals surface area contributed by atoms with Crippen LogP contribution in [0.3, 0.4) is 0 Å². The number of likely N-dealkylation sites (tertiary alicyclic amines) is 1. The van der Waals surface area contributed by atoms with Crippen LogP contribution in [0.1, 0.15) is 23.2 Å². The molecule has 0 spiro atoms. The first-order valence-electron chi connectivity index (χ1n) is 10.9. The molecular weight excluding hydrogens is 409 g/mol. The first-order chi connectivity index (χ1) is 15.5. The Kier molecular flexibility index (Phi) is 5.20. The number of para-hydroxylation sites is 2. The highest BCUT2D eigenvalue weighted by Gasteiger charge is 2.36. The monoisotopic (exact) mass is 433 g/mol. The van der Waals surface area contributed by atoms with Gasteiger partial charge in [-0.15, -0.1) is 0 Å². The molecule has 8 heteroatoms. The van der Waals surface area contributed by atoms with Crippen molar-refractivity contribution in [3.63, 3.8) is 0 Å². The Balaban J connectivity index is 1.39. The molecule has 32 heavy (non-hydrogen) atoms. The number of hydrogen-bond donors (Lipinski definition) is 0. The van der Waals surface area contributed by atoms with Crippen LogP contribution in [0.5, 0.6) is 0 Å². The van der Waals surface area contributed by atoms with E-state index in [9.17, 15) is 14.0 Å². The van der Waals surface area contributed by atoms with Gasteiger partial charge in [-0.25, -0.2) is 14.4 Å². The number of piperidine rings is 1. The topological polar surface area (TPSA) is 69.6 Å². The molecule has 1 fully saturated rings. The molecule has 2 aliphatic rings. The number of amides is 2. The quantitative estimate of drug-likeness (QED) is 0.621. The molecule has 164 valence electrons. The summed E-state index contributed by atoms with van der Waals surface area (Å²) in [6.07, 6.45) is 1.46. The molecule has 1 saturated heterocycles. The van der Waals surface area contributed by atoms with E-state index in [1.807, 2.05) is 36.2 Å². The third kappa shape index (κ3) is 3.66. The Morgan fingerprint density at radius 3 is 2.34 bits per heavy atom. The molecular formula is C24H24FN5O2. The Labute approximate surface area is 185 Å². The lowest BCUT2D eigenvalue weighted by Gasteiger charge is -2.38. The smallest absolute Gasteiger partial charge is 0.253 e. The molecule has 1 atom stereocenters. The third-order valence-electron chi connectivity index (χ3n) is 6.23. The summed E-state index contributed by atoms with van der Waals surface area (Å²) < 4.78 is 13.2. The average molecular weight is 433 g/mol. The molecule has 3 aromatic rings. The zero-order chi connectivity index (χ0) is 22.2. The van der Waals surface area contributed by atoms with E-state index in [4.69, 9.17) is 9.97 Å². The molecule has 3 heterocycles. The summed E-state index contributed by atoms with van der Waals surface area (Å²) in [5, 5.41) is 0. The lowest BCUT2D eigenvalue weighted by atomic mass is 9.95. The summed E-state index contributed by atoms with van der Waals surface area (Å²) in [6.45, 7) is 2.12. The number of aromatic nitrogens is 2. The molecule has 0 saturated carbocycles. The van der Waals surface area contributed by atoms with Crippen LogP contribution in [0.15, 0.2) is 48.5 Å². The van der Waals surface area contributed by atoms with Crippen molar-refractivity contribution in [3.8, 4) is 0 Å². The lowest BCUT2D eigenvalue weighted by Crippen LogP contribution is -2.50. The van der Waals surface area contributed by atoms with Crippen LogP contribution < -0.4 is 9.80 Å². The van der Waals surface area contributed by atoms with Gasteiger partial charge in [0.05, 0.1) is 17.0 Å². The van der Waals surface area contributed by atoms with Gasteiger partial charge in [-0.3, -0.25) is 14.5 Å². The molecule has 1 unspecified atom stereocenters. The molecule has 0 radical (unpaired) electrons. The molecule has 5 rings (SSSR count). The van der Waals surface area contributed by atoms with E-state index in [-0.39, 0.29) is 23.5 Å². The summed E-state index contributed by atoms with van der Waals surface area (Å²) in [4.78, 5) is 41.4. The number of benzene rings is 2.